The third kappa shape index (κ3) is 3.72. The highest BCUT2D eigenvalue weighted by atomic mass is 35.5. The van der Waals surface area contributed by atoms with Gasteiger partial charge in [0.15, 0.2) is 0 Å². The molecule has 1 amide bonds. The maximum atomic E-state index is 11.7. The van der Waals surface area contributed by atoms with Crippen molar-refractivity contribution < 1.29 is 4.79 Å². The smallest absolute Gasteiger partial charge is 0.272 e. The molecule has 0 bridgehead atoms. The zero-order valence-corrected chi connectivity index (χ0v) is 10.5. The molecule has 1 atom stereocenters. The van der Waals surface area contributed by atoms with Crippen molar-refractivity contribution in [3.05, 3.63) is 35.3 Å². The molecular weight excluding hydrogens is 240 g/mol. The number of aromatic nitrogens is 1. The number of rotatable bonds is 4. The highest BCUT2D eigenvalue weighted by Gasteiger charge is 2.14. The summed E-state index contributed by atoms with van der Waals surface area (Å²) >= 11 is 5.96. The largest absolute Gasteiger partial charge is 0.393 e. The van der Waals surface area contributed by atoms with E-state index in [1.807, 2.05) is 6.92 Å². The van der Waals surface area contributed by atoms with Crippen LogP contribution in [-0.2, 0) is 4.79 Å². The molecule has 1 aromatic heterocycles. The number of hydrogen-bond donors (Lipinski definition) is 3. The molecule has 1 aromatic rings. The van der Waals surface area contributed by atoms with Gasteiger partial charge < -0.3 is 16.4 Å². The SMILES string of the molecule is CNC(C)/C(Cl)=C(\N)C(=O)Nc1cccnc1. The van der Waals surface area contributed by atoms with Crippen LogP contribution in [0.2, 0.25) is 0 Å². The first-order valence-electron chi connectivity index (χ1n) is 5.10. The van der Waals surface area contributed by atoms with Gasteiger partial charge in [-0.05, 0) is 26.1 Å². The van der Waals surface area contributed by atoms with Gasteiger partial charge in [-0.3, -0.25) is 9.78 Å². The number of amides is 1. The number of anilines is 1. The molecule has 0 aliphatic carbocycles. The van der Waals surface area contributed by atoms with Crippen molar-refractivity contribution >= 4 is 23.2 Å². The lowest BCUT2D eigenvalue weighted by Gasteiger charge is -2.12. The van der Waals surface area contributed by atoms with Crippen LogP contribution in [0.3, 0.4) is 0 Å². The Kier molecular flexibility index (Phi) is 4.93. The number of halogens is 1. The molecule has 0 spiro atoms. The van der Waals surface area contributed by atoms with Gasteiger partial charge in [0.05, 0.1) is 16.9 Å². The van der Waals surface area contributed by atoms with Crippen LogP contribution in [0.4, 0.5) is 5.69 Å². The molecule has 1 unspecified atom stereocenters. The lowest BCUT2D eigenvalue weighted by atomic mass is 10.2. The Morgan fingerprint density at radius 3 is 2.82 bits per heavy atom. The molecule has 6 heteroatoms. The van der Waals surface area contributed by atoms with Crippen LogP contribution in [0.5, 0.6) is 0 Å². The van der Waals surface area contributed by atoms with E-state index < -0.39 is 5.91 Å². The molecule has 4 N–H and O–H groups in total. The topological polar surface area (TPSA) is 80.0 Å². The molecule has 0 radical (unpaired) electrons. The maximum Gasteiger partial charge on any atom is 0.272 e. The van der Waals surface area contributed by atoms with Gasteiger partial charge in [-0.25, -0.2) is 0 Å². The van der Waals surface area contributed by atoms with E-state index in [-0.39, 0.29) is 16.8 Å². The van der Waals surface area contributed by atoms with Gasteiger partial charge in [-0.1, -0.05) is 11.6 Å². The lowest BCUT2D eigenvalue weighted by Crippen LogP contribution is -2.28. The minimum absolute atomic E-state index is 0.00244. The van der Waals surface area contributed by atoms with Gasteiger partial charge in [0, 0.05) is 12.2 Å². The van der Waals surface area contributed by atoms with E-state index in [4.69, 9.17) is 17.3 Å². The van der Waals surface area contributed by atoms with Crippen molar-refractivity contribution in [2.45, 2.75) is 13.0 Å². The maximum absolute atomic E-state index is 11.7. The predicted octanol–water partition coefficient (Wildman–Crippen LogP) is 1.04. The van der Waals surface area contributed by atoms with E-state index in [1.165, 1.54) is 6.20 Å². The number of nitrogens with zero attached hydrogens (tertiary/aromatic N) is 1. The first kappa shape index (κ1) is 13.5. The van der Waals surface area contributed by atoms with E-state index in [0.29, 0.717) is 5.69 Å². The Labute approximate surface area is 105 Å². The second-order valence-corrected chi connectivity index (χ2v) is 3.88. The fraction of sp³-hybridized carbons (Fsp3) is 0.273. The first-order chi connectivity index (χ1) is 8.06. The Bertz CT molecular complexity index is 419. The highest BCUT2D eigenvalue weighted by Crippen LogP contribution is 2.12. The molecule has 0 fully saturated rings. The van der Waals surface area contributed by atoms with Crippen molar-refractivity contribution in [1.82, 2.24) is 10.3 Å². The quantitative estimate of drug-likeness (QED) is 0.702. The van der Waals surface area contributed by atoms with Crippen molar-refractivity contribution in [3.63, 3.8) is 0 Å². The van der Waals surface area contributed by atoms with E-state index >= 15 is 0 Å². The van der Waals surface area contributed by atoms with Crippen molar-refractivity contribution in [1.29, 1.82) is 0 Å². The molecule has 5 nitrogen and oxygen atoms in total. The number of hydrogen-bond acceptors (Lipinski definition) is 4. The summed E-state index contributed by atoms with van der Waals surface area (Å²) in [6, 6.07) is 3.26. The number of carbonyl (C=O) groups excluding carboxylic acids is 1. The van der Waals surface area contributed by atoms with Crippen molar-refractivity contribution in [3.8, 4) is 0 Å². The van der Waals surface area contributed by atoms with Crippen LogP contribution in [-0.4, -0.2) is 24.0 Å². The monoisotopic (exact) mass is 254 g/mol. The van der Waals surface area contributed by atoms with E-state index in [0.717, 1.165) is 0 Å². The van der Waals surface area contributed by atoms with E-state index in [9.17, 15) is 4.79 Å². The normalized spacial score (nSPS) is 13.8. The van der Waals surface area contributed by atoms with Crippen LogP contribution in [0.15, 0.2) is 35.3 Å². The predicted molar refractivity (Wildman–Crippen MR) is 68.5 cm³/mol. The van der Waals surface area contributed by atoms with Crippen LogP contribution in [0, 0.1) is 0 Å². The van der Waals surface area contributed by atoms with Gasteiger partial charge >= 0.3 is 0 Å². The average molecular weight is 255 g/mol. The van der Waals surface area contributed by atoms with Gasteiger partial charge in [0.2, 0.25) is 0 Å². The molecule has 0 aromatic carbocycles. The van der Waals surface area contributed by atoms with Crippen LogP contribution >= 0.6 is 11.6 Å². The number of carbonyl (C=O) groups is 1. The number of nitrogens with one attached hydrogen (secondary N) is 2. The Morgan fingerprint density at radius 1 is 1.59 bits per heavy atom. The summed E-state index contributed by atoms with van der Waals surface area (Å²) in [5.74, 6) is -0.440. The third-order valence-corrected chi connectivity index (χ3v) is 2.77. The van der Waals surface area contributed by atoms with Gasteiger partial charge in [0.25, 0.3) is 5.91 Å². The summed E-state index contributed by atoms with van der Waals surface area (Å²) in [5, 5.41) is 5.79. The first-order valence-corrected chi connectivity index (χ1v) is 5.47. The molecule has 17 heavy (non-hydrogen) atoms. The Balaban J connectivity index is 2.77. The molecule has 1 heterocycles. The Hall–Kier alpha value is -1.59. The molecule has 0 aliphatic rings. The average Bonchev–Trinajstić information content (AvgIpc) is 2.37. The second-order valence-electron chi connectivity index (χ2n) is 3.47. The minimum Gasteiger partial charge on any atom is -0.393 e. The number of pyridine rings is 1. The lowest BCUT2D eigenvalue weighted by molar-refractivity contribution is -0.112. The van der Waals surface area contributed by atoms with Gasteiger partial charge in [-0.2, -0.15) is 0 Å². The number of nitrogens with two attached hydrogens (primary N) is 1. The van der Waals surface area contributed by atoms with Gasteiger partial charge in [-0.15, -0.1) is 0 Å². The van der Waals surface area contributed by atoms with Gasteiger partial charge in [0.1, 0.15) is 5.70 Å². The van der Waals surface area contributed by atoms with Crippen molar-refractivity contribution in [2.24, 2.45) is 5.73 Å². The molecule has 92 valence electrons. The second kappa shape index (κ2) is 6.22. The molecule has 1 rings (SSSR count). The molecular formula is C11H15ClN4O. The van der Waals surface area contributed by atoms with E-state index in [2.05, 4.69) is 15.6 Å². The van der Waals surface area contributed by atoms with Crippen LogP contribution in [0.25, 0.3) is 0 Å². The summed E-state index contributed by atoms with van der Waals surface area (Å²) in [7, 11) is 1.74. The highest BCUT2D eigenvalue weighted by molar-refractivity contribution is 6.32. The standard InChI is InChI=1S/C11H15ClN4O/c1-7(14-2)9(12)10(13)11(17)16-8-4-3-5-15-6-8/h3-7,14H,13H2,1-2H3,(H,16,17)/b10-9+. The summed E-state index contributed by atoms with van der Waals surface area (Å²) in [5.41, 5.74) is 6.23. The zero-order chi connectivity index (χ0) is 12.8. The van der Waals surface area contributed by atoms with Crippen LogP contribution in [0.1, 0.15) is 6.92 Å². The number of likely N-dealkylation sites (N-methyl/N-ethyl adjacent to an activating group) is 1. The fourth-order valence-electron chi connectivity index (χ4n) is 1.10. The summed E-state index contributed by atoms with van der Waals surface area (Å²) < 4.78 is 0. The molecule has 0 aliphatic heterocycles. The third-order valence-electron chi connectivity index (χ3n) is 2.23. The molecule has 0 saturated carbocycles. The summed E-state index contributed by atoms with van der Waals surface area (Å²) in [6.45, 7) is 1.81. The Morgan fingerprint density at radius 2 is 2.29 bits per heavy atom. The summed E-state index contributed by atoms with van der Waals surface area (Å²) in [6.07, 6.45) is 3.14. The fourth-order valence-corrected chi connectivity index (χ4v) is 1.30. The molecule has 0 saturated heterocycles. The van der Waals surface area contributed by atoms with Crippen LogP contribution < -0.4 is 16.4 Å². The van der Waals surface area contributed by atoms with E-state index in [1.54, 1.807) is 25.4 Å². The zero-order valence-electron chi connectivity index (χ0n) is 9.70. The van der Waals surface area contributed by atoms with Crippen molar-refractivity contribution in [2.75, 3.05) is 12.4 Å². The minimum atomic E-state index is -0.440. The summed E-state index contributed by atoms with van der Waals surface area (Å²) in [4.78, 5) is 15.6.